The van der Waals surface area contributed by atoms with Gasteiger partial charge in [-0.1, -0.05) is 20.8 Å². The number of nitrogens with zero attached hydrogens (tertiary/aromatic N) is 1. The van der Waals surface area contributed by atoms with E-state index in [1.807, 2.05) is 7.05 Å². The standard InChI is InChI=1S/C12H26N2O/c1-12(2,3)9-14(5)11-8-15-7-6-10(11)13-4/h10-11,13H,6-9H2,1-5H3. The van der Waals surface area contributed by atoms with Gasteiger partial charge in [-0.15, -0.1) is 0 Å². The first kappa shape index (κ1) is 12.9. The Morgan fingerprint density at radius 1 is 1.40 bits per heavy atom. The highest BCUT2D eigenvalue weighted by Crippen LogP contribution is 2.19. The predicted molar refractivity (Wildman–Crippen MR) is 64.2 cm³/mol. The molecule has 1 rings (SSSR count). The Balaban J connectivity index is 2.52. The van der Waals surface area contributed by atoms with Crippen molar-refractivity contribution < 1.29 is 4.74 Å². The van der Waals surface area contributed by atoms with Crippen molar-refractivity contribution in [2.45, 2.75) is 39.3 Å². The Morgan fingerprint density at radius 3 is 2.60 bits per heavy atom. The van der Waals surface area contributed by atoms with E-state index in [-0.39, 0.29) is 0 Å². The van der Waals surface area contributed by atoms with Crippen LogP contribution in [0.25, 0.3) is 0 Å². The number of hydrogen-bond donors (Lipinski definition) is 1. The fourth-order valence-electron chi connectivity index (χ4n) is 2.36. The maximum atomic E-state index is 5.57. The summed E-state index contributed by atoms with van der Waals surface area (Å²) < 4.78 is 5.57. The average Bonchev–Trinajstić information content (AvgIpc) is 2.15. The van der Waals surface area contributed by atoms with Crippen LogP contribution in [0.2, 0.25) is 0 Å². The largest absolute Gasteiger partial charge is 0.380 e. The molecular weight excluding hydrogens is 188 g/mol. The Bertz CT molecular complexity index is 189. The van der Waals surface area contributed by atoms with Gasteiger partial charge in [-0.2, -0.15) is 0 Å². The SMILES string of the molecule is CNC1CCOCC1N(C)CC(C)(C)C. The lowest BCUT2D eigenvalue weighted by Gasteiger charge is -2.40. The van der Waals surface area contributed by atoms with E-state index in [1.54, 1.807) is 0 Å². The molecule has 0 spiro atoms. The zero-order valence-corrected chi connectivity index (χ0v) is 10.8. The molecule has 0 saturated carbocycles. The van der Waals surface area contributed by atoms with Gasteiger partial charge in [-0.3, -0.25) is 4.90 Å². The van der Waals surface area contributed by atoms with Gasteiger partial charge in [-0.05, 0) is 25.9 Å². The van der Waals surface area contributed by atoms with Crippen LogP contribution in [0.3, 0.4) is 0 Å². The zero-order valence-electron chi connectivity index (χ0n) is 10.8. The molecule has 0 radical (unpaired) electrons. The highest BCUT2D eigenvalue weighted by molar-refractivity contribution is 4.86. The first-order valence-corrected chi connectivity index (χ1v) is 5.89. The minimum Gasteiger partial charge on any atom is -0.380 e. The van der Waals surface area contributed by atoms with Crippen molar-refractivity contribution in [1.82, 2.24) is 10.2 Å². The van der Waals surface area contributed by atoms with Crippen LogP contribution >= 0.6 is 0 Å². The predicted octanol–water partition coefficient (Wildman–Crippen LogP) is 1.34. The van der Waals surface area contributed by atoms with E-state index in [0.717, 1.165) is 26.2 Å². The summed E-state index contributed by atoms with van der Waals surface area (Å²) in [5, 5.41) is 3.40. The summed E-state index contributed by atoms with van der Waals surface area (Å²) in [6.07, 6.45) is 1.12. The topological polar surface area (TPSA) is 24.5 Å². The third-order valence-corrected chi connectivity index (χ3v) is 2.99. The highest BCUT2D eigenvalue weighted by atomic mass is 16.5. The van der Waals surface area contributed by atoms with Gasteiger partial charge < -0.3 is 10.1 Å². The summed E-state index contributed by atoms with van der Waals surface area (Å²) in [5.41, 5.74) is 0.352. The van der Waals surface area contributed by atoms with Gasteiger partial charge in [0.25, 0.3) is 0 Å². The fraction of sp³-hybridized carbons (Fsp3) is 1.00. The van der Waals surface area contributed by atoms with E-state index < -0.39 is 0 Å². The molecule has 0 aliphatic carbocycles. The number of rotatable bonds is 3. The summed E-state index contributed by atoms with van der Waals surface area (Å²) in [5.74, 6) is 0. The lowest BCUT2D eigenvalue weighted by molar-refractivity contribution is -0.00138. The van der Waals surface area contributed by atoms with Crippen LogP contribution in [-0.2, 0) is 4.74 Å². The van der Waals surface area contributed by atoms with Gasteiger partial charge in [0.05, 0.1) is 6.61 Å². The van der Waals surface area contributed by atoms with Crippen molar-refractivity contribution in [1.29, 1.82) is 0 Å². The molecule has 2 atom stereocenters. The van der Waals surface area contributed by atoms with Gasteiger partial charge in [0.1, 0.15) is 0 Å². The number of hydrogen-bond acceptors (Lipinski definition) is 3. The Labute approximate surface area is 94.2 Å². The van der Waals surface area contributed by atoms with E-state index in [9.17, 15) is 0 Å². The molecule has 1 saturated heterocycles. The van der Waals surface area contributed by atoms with Crippen molar-refractivity contribution in [2.24, 2.45) is 5.41 Å². The van der Waals surface area contributed by atoms with Gasteiger partial charge in [-0.25, -0.2) is 0 Å². The Hall–Kier alpha value is -0.120. The minimum absolute atomic E-state index is 0.352. The van der Waals surface area contributed by atoms with Gasteiger partial charge in [0.2, 0.25) is 0 Å². The van der Waals surface area contributed by atoms with Crippen LogP contribution in [-0.4, -0.2) is 50.8 Å². The van der Waals surface area contributed by atoms with E-state index in [2.05, 4.69) is 38.0 Å². The summed E-state index contributed by atoms with van der Waals surface area (Å²) in [7, 11) is 4.25. The lowest BCUT2D eigenvalue weighted by atomic mass is 9.94. The molecule has 3 heteroatoms. The molecule has 0 bridgehead atoms. The van der Waals surface area contributed by atoms with Gasteiger partial charge in [0, 0.05) is 25.2 Å². The molecule has 0 aromatic rings. The number of likely N-dealkylation sites (N-methyl/N-ethyl adjacent to an activating group) is 2. The molecular formula is C12H26N2O. The summed E-state index contributed by atoms with van der Waals surface area (Å²) in [4.78, 5) is 2.43. The Morgan fingerprint density at radius 2 is 2.07 bits per heavy atom. The normalized spacial score (nSPS) is 28.4. The lowest BCUT2D eigenvalue weighted by Crippen LogP contribution is -2.54. The fourth-order valence-corrected chi connectivity index (χ4v) is 2.36. The maximum Gasteiger partial charge on any atom is 0.0636 e. The van der Waals surface area contributed by atoms with Crippen LogP contribution in [0.5, 0.6) is 0 Å². The average molecular weight is 214 g/mol. The maximum absolute atomic E-state index is 5.57. The van der Waals surface area contributed by atoms with Crippen LogP contribution in [0.15, 0.2) is 0 Å². The van der Waals surface area contributed by atoms with Crippen LogP contribution in [0.4, 0.5) is 0 Å². The summed E-state index contributed by atoms with van der Waals surface area (Å²) in [6.45, 7) is 9.70. The van der Waals surface area contributed by atoms with E-state index >= 15 is 0 Å². The van der Waals surface area contributed by atoms with E-state index in [4.69, 9.17) is 4.74 Å². The molecule has 15 heavy (non-hydrogen) atoms. The zero-order chi connectivity index (χ0) is 11.5. The molecule has 1 N–H and O–H groups in total. The Kier molecular flexibility index (Phi) is 4.56. The third-order valence-electron chi connectivity index (χ3n) is 2.99. The van der Waals surface area contributed by atoms with Gasteiger partial charge in [0.15, 0.2) is 0 Å². The van der Waals surface area contributed by atoms with Crippen LogP contribution < -0.4 is 5.32 Å². The highest BCUT2D eigenvalue weighted by Gasteiger charge is 2.29. The molecule has 0 aromatic carbocycles. The second kappa shape index (κ2) is 5.28. The second-order valence-electron chi connectivity index (χ2n) is 5.80. The molecule has 0 amide bonds. The van der Waals surface area contributed by atoms with Crippen molar-refractivity contribution in [3.63, 3.8) is 0 Å². The van der Waals surface area contributed by atoms with E-state index in [0.29, 0.717) is 17.5 Å². The van der Waals surface area contributed by atoms with Crippen molar-refractivity contribution in [2.75, 3.05) is 33.9 Å². The molecule has 2 unspecified atom stereocenters. The van der Waals surface area contributed by atoms with Crippen LogP contribution in [0, 0.1) is 5.41 Å². The van der Waals surface area contributed by atoms with Crippen molar-refractivity contribution >= 4 is 0 Å². The van der Waals surface area contributed by atoms with Crippen molar-refractivity contribution in [3.8, 4) is 0 Å². The molecule has 1 aliphatic rings. The second-order valence-corrected chi connectivity index (χ2v) is 5.80. The minimum atomic E-state index is 0.352. The molecule has 3 nitrogen and oxygen atoms in total. The molecule has 0 aromatic heterocycles. The number of nitrogens with one attached hydrogen (secondary N) is 1. The third kappa shape index (κ3) is 4.09. The first-order valence-electron chi connectivity index (χ1n) is 5.89. The first-order chi connectivity index (χ1) is 6.94. The summed E-state index contributed by atoms with van der Waals surface area (Å²) >= 11 is 0. The summed E-state index contributed by atoms with van der Waals surface area (Å²) in [6, 6.07) is 1.09. The smallest absolute Gasteiger partial charge is 0.0636 e. The number of ether oxygens (including phenoxy) is 1. The quantitative estimate of drug-likeness (QED) is 0.767. The molecule has 1 aliphatic heterocycles. The van der Waals surface area contributed by atoms with Crippen LogP contribution in [0.1, 0.15) is 27.2 Å². The molecule has 1 heterocycles. The van der Waals surface area contributed by atoms with Crippen molar-refractivity contribution in [3.05, 3.63) is 0 Å². The van der Waals surface area contributed by atoms with Gasteiger partial charge >= 0.3 is 0 Å². The van der Waals surface area contributed by atoms with E-state index in [1.165, 1.54) is 0 Å². The molecule has 90 valence electrons. The monoisotopic (exact) mass is 214 g/mol. The molecule has 1 fully saturated rings.